The Bertz CT molecular complexity index is 402. The Kier molecular flexibility index (Phi) is 4.10. The lowest BCUT2D eigenvalue weighted by Crippen LogP contribution is -2.22. The van der Waals surface area contributed by atoms with Crippen LogP contribution in [0.4, 0.5) is 0 Å². The highest BCUT2D eigenvalue weighted by atomic mass is 15.3. The fourth-order valence-corrected chi connectivity index (χ4v) is 2.68. The number of aromatic nitrogens is 2. The summed E-state index contributed by atoms with van der Waals surface area (Å²) in [6, 6.07) is 0.791. The van der Waals surface area contributed by atoms with Crippen LogP contribution in [-0.4, -0.2) is 22.4 Å². The molecule has 1 atom stereocenters. The van der Waals surface area contributed by atoms with Gasteiger partial charge >= 0.3 is 0 Å². The predicted octanol–water partition coefficient (Wildman–Crippen LogP) is 3.01. The number of aryl methyl sites for hydroxylation is 1. The Morgan fingerprint density at radius 2 is 1.94 bits per heavy atom. The summed E-state index contributed by atoms with van der Waals surface area (Å²) < 4.78 is 2.18. The summed E-state index contributed by atoms with van der Waals surface area (Å²) in [7, 11) is 0. The fourth-order valence-electron chi connectivity index (χ4n) is 2.68. The fraction of sp³-hybridized carbons (Fsp3) is 0.800. The summed E-state index contributed by atoms with van der Waals surface area (Å²) in [5.41, 5.74) is 4.01. The van der Waals surface area contributed by atoms with Gasteiger partial charge in [-0.2, -0.15) is 5.10 Å². The Labute approximate surface area is 111 Å². The maximum atomic E-state index is 4.70. The highest BCUT2D eigenvalue weighted by Gasteiger charge is 2.23. The quantitative estimate of drug-likeness (QED) is 0.840. The van der Waals surface area contributed by atoms with Crippen LogP contribution < -0.4 is 5.32 Å². The molecule has 0 saturated heterocycles. The SMILES string of the molecule is Cc1nn(CC(C)C)c(C)c1C(C)CNC1CC1. The lowest BCUT2D eigenvalue weighted by Gasteiger charge is -2.14. The van der Waals surface area contributed by atoms with E-state index in [9.17, 15) is 0 Å². The van der Waals surface area contributed by atoms with Crippen molar-refractivity contribution in [2.45, 2.75) is 66.0 Å². The molecule has 1 fully saturated rings. The zero-order chi connectivity index (χ0) is 13.3. The van der Waals surface area contributed by atoms with Gasteiger partial charge in [0.25, 0.3) is 0 Å². The topological polar surface area (TPSA) is 29.9 Å². The highest BCUT2D eigenvalue weighted by molar-refractivity contribution is 5.28. The molecule has 102 valence electrons. The van der Waals surface area contributed by atoms with Crippen LogP contribution in [0.2, 0.25) is 0 Å². The standard InChI is InChI=1S/C15H27N3/c1-10(2)9-18-13(5)15(12(4)17-18)11(3)8-16-14-6-7-14/h10-11,14,16H,6-9H2,1-5H3. The Hall–Kier alpha value is -0.830. The molecule has 1 aromatic heterocycles. The molecule has 1 saturated carbocycles. The molecule has 0 spiro atoms. The first-order valence-corrected chi connectivity index (χ1v) is 7.26. The van der Waals surface area contributed by atoms with Crippen LogP contribution in [0.5, 0.6) is 0 Å². The first kappa shape index (κ1) is 13.6. The Morgan fingerprint density at radius 3 is 2.50 bits per heavy atom. The van der Waals surface area contributed by atoms with E-state index in [2.05, 4.69) is 44.6 Å². The largest absolute Gasteiger partial charge is 0.313 e. The van der Waals surface area contributed by atoms with E-state index in [0.29, 0.717) is 11.8 Å². The molecule has 18 heavy (non-hydrogen) atoms. The minimum atomic E-state index is 0.562. The van der Waals surface area contributed by atoms with E-state index in [0.717, 1.165) is 19.1 Å². The average molecular weight is 249 g/mol. The summed E-state index contributed by atoms with van der Waals surface area (Å²) in [6.07, 6.45) is 2.72. The minimum Gasteiger partial charge on any atom is -0.313 e. The number of nitrogens with zero attached hydrogens (tertiary/aromatic N) is 2. The summed E-state index contributed by atoms with van der Waals surface area (Å²) in [5, 5.41) is 8.33. The molecule has 0 bridgehead atoms. The van der Waals surface area contributed by atoms with Crippen molar-refractivity contribution in [3.8, 4) is 0 Å². The van der Waals surface area contributed by atoms with Crippen LogP contribution in [0, 0.1) is 19.8 Å². The average Bonchev–Trinajstić information content (AvgIpc) is 3.04. The molecule has 0 aliphatic heterocycles. The van der Waals surface area contributed by atoms with Crippen molar-refractivity contribution < 1.29 is 0 Å². The smallest absolute Gasteiger partial charge is 0.0631 e. The van der Waals surface area contributed by atoms with Gasteiger partial charge in [0.2, 0.25) is 0 Å². The lowest BCUT2D eigenvalue weighted by atomic mass is 9.99. The molecule has 1 N–H and O–H groups in total. The van der Waals surface area contributed by atoms with Crippen molar-refractivity contribution in [1.29, 1.82) is 0 Å². The van der Waals surface area contributed by atoms with Crippen molar-refractivity contribution in [3.05, 3.63) is 17.0 Å². The second kappa shape index (κ2) is 5.43. The first-order valence-electron chi connectivity index (χ1n) is 7.26. The van der Waals surface area contributed by atoms with Gasteiger partial charge in [0.15, 0.2) is 0 Å². The van der Waals surface area contributed by atoms with E-state index in [1.165, 1.54) is 29.8 Å². The van der Waals surface area contributed by atoms with Gasteiger partial charge in [-0.25, -0.2) is 0 Å². The number of nitrogens with one attached hydrogen (secondary N) is 1. The van der Waals surface area contributed by atoms with E-state index >= 15 is 0 Å². The maximum Gasteiger partial charge on any atom is 0.0631 e. The third kappa shape index (κ3) is 3.14. The maximum absolute atomic E-state index is 4.70. The van der Waals surface area contributed by atoms with Crippen LogP contribution in [0.3, 0.4) is 0 Å². The summed E-state index contributed by atoms with van der Waals surface area (Å²) >= 11 is 0. The molecule has 3 nitrogen and oxygen atoms in total. The molecule has 2 rings (SSSR count). The second-order valence-corrected chi connectivity index (χ2v) is 6.24. The van der Waals surface area contributed by atoms with Crippen molar-refractivity contribution in [2.24, 2.45) is 5.92 Å². The number of hydrogen-bond donors (Lipinski definition) is 1. The van der Waals surface area contributed by atoms with Gasteiger partial charge in [0, 0.05) is 24.8 Å². The van der Waals surface area contributed by atoms with E-state index in [1.54, 1.807) is 0 Å². The number of hydrogen-bond acceptors (Lipinski definition) is 2. The normalized spacial score (nSPS) is 17.4. The van der Waals surface area contributed by atoms with Gasteiger partial charge in [-0.1, -0.05) is 20.8 Å². The second-order valence-electron chi connectivity index (χ2n) is 6.24. The van der Waals surface area contributed by atoms with Gasteiger partial charge in [0.05, 0.1) is 5.69 Å². The molecule has 1 unspecified atom stereocenters. The van der Waals surface area contributed by atoms with Gasteiger partial charge in [-0.15, -0.1) is 0 Å². The zero-order valence-electron chi connectivity index (χ0n) is 12.5. The third-order valence-corrected chi connectivity index (χ3v) is 3.76. The monoisotopic (exact) mass is 249 g/mol. The molecule has 3 heteroatoms. The summed E-state index contributed by atoms with van der Waals surface area (Å²) in [6.45, 7) is 13.3. The van der Waals surface area contributed by atoms with E-state index in [-0.39, 0.29) is 0 Å². The van der Waals surface area contributed by atoms with Crippen LogP contribution >= 0.6 is 0 Å². The van der Waals surface area contributed by atoms with Crippen LogP contribution in [0.1, 0.15) is 56.5 Å². The van der Waals surface area contributed by atoms with Crippen molar-refractivity contribution >= 4 is 0 Å². The molecule has 0 aromatic carbocycles. The van der Waals surface area contributed by atoms with Gasteiger partial charge < -0.3 is 5.32 Å². The lowest BCUT2D eigenvalue weighted by molar-refractivity contribution is 0.472. The molecule has 0 amide bonds. The predicted molar refractivity (Wildman–Crippen MR) is 76.0 cm³/mol. The van der Waals surface area contributed by atoms with Gasteiger partial charge in [-0.05, 0) is 44.1 Å². The van der Waals surface area contributed by atoms with E-state index in [1.807, 2.05) is 0 Å². The third-order valence-electron chi connectivity index (χ3n) is 3.76. The van der Waals surface area contributed by atoms with Crippen molar-refractivity contribution in [2.75, 3.05) is 6.54 Å². The molecule has 1 aromatic rings. The molecule has 1 aliphatic carbocycles. The summed E-state index contributed by atoms with van der Waals surface area (Å²) in [5.74, 6) is 1.21. The molecule has 0 radical (unpaired) electrons. The zero-order valence-corrected chi connectivity index (χ0v) is 12.5. The molecule has 1 heterocycles. The Morgan fingerprint density at radius 1 is 1.28 bits per heavy atom. The van der Waals surface area contributed by atoms with E-state index < -0.39 is 0 Å². The summed E-state index contributed by atoms with van der Waals surface area (Å²) in [4.78, 5) is 0. The molecular weight excluding hydrogens is 222 g/mol. The highest BCUT2D eigenvalue weighted by Crippen LogP contribution is 2.25. The van der Waals surface area contributed by atoms with E-state index in [4.69, 9.17) is 5.10 Å². The number of rotatable bonds is 6. The van der Waals surface area contributed by atoms with Gasteiger partial charge in [0.1, 0.15) is 0 Å². The van der Waals surface area contributed by atoms with Crippen LogP contribution in [-0.2, 0) is 6.54 Å². The minimum absolute atomic E-state index is 0.562. The molecular formula is C15H27N3. The molecule has 1 aliphatic rings. The van der Waals surface area contributed by atoms with Gasteiger partial charge in [-0.3, -0.25) is 4.68 Å². The van der Waals surface area contributed by atoms with Crippen LogP contribution in [0.15, 0.2) is 0 Å². The Balaban J connectivity index is 2.07. The van der Waals surface area contributed by atoms with Crippen LogP contribution in [0.25, 0.3) is 0 Å². The first-order chi connectivity index (χ1) is 8.49. The van der Waals surface area contributed by atoms with Crippen molar-refractivity contribution in [1.82, 2.24) is 15.1 Å². The van der Waals surface area contributed by atoms with Crippen molar-refractivity contribution in [3.63, 3.8) is 0 Å².